The number of hydrogen-bond acceptors (Lipinski definition) is 3. The Bertz CT molecular complexity index is 481. The minimum Gasteiger partial charge on any atom is -0.385 e. The van der Waals surface area contributed by atoms with E-state index in [1.54, 1.807) is 12.1 Å². The number of rotatable bonds is 7. The van der Waals surface area contributed by atoms with Gasteiger partial charge in [-0.05, 0) is 36.6 Å². The fourth-order valence-electron chi connectivity index (χ4n) is 1.40. The highest BCUT2D eigenvalue weighted by atomic mass is 32.2. The molecule has 1 aromatic carbocycles. The van der Waals surface area contributed by atoms with Crippen LogP contribution < -0.4 is 10.0 Å². The summed E-state index contributed by atoms with van der Waals surface area (Å²) >= 11 is 0. The molecule has 19 heavy (non-hydrogen) atoms. The van der Waals surface area contributed by atoms with Crippen LogP contribution in [0.25, 0.3) is 0 Å². The third kappa shape index (κ3) is 5.48. The molecule has 0 saturated carbocycles. The largest absolute Gasteiger partial charge is 0.385 e. The maximum absolute atomic E-state index is 11.6. The summed E-state index contributed by atoms with van der Waals surface area (Å²) in [5, 5.41) is 3.30. The molecule has 1 rings (SSSR count). The Balaban J connectivity index is 2.57. The van der Waals surface area contributed by atoms with Crippen molar-refractivity contribution in [1.82, 2.24) is 4.31 Å². The van der Waals surface area contributed by atoms with Crippen LogP contribution in [-0.4, -0.2) is 33.4 Å². The van der Waals surface area contributed by atoms with Crippen molar-refractivity contribution in [2.45, 2.75) is 20.3 Å². The highest BCUT2D eigenvalue weighted by molar-refractivity contribution is 7.90. The van der Waals surface area contributed by atoms with E-state index < -0.39 is 10.2 Å². The van der Waals surface area contributed by atoms with Crippen molar-refractivity contribution in [3.05, 3.63) is 24.3 Å². The van der Waals surface area contributed by atoms with Crippen LogP contribution in [0.3, 0.4) is 0 Å². The number of anilines is 2. The van der Waals surface area contributed by atoms with Crippen LogP contribution in [0.5, 0.6) is 0 Å². The predicted octanol–water partition coefficient (Wildman–Crippen LogP) is 2.36. The van der Waals surface area contributed by atoms with Gasteiger partial charge in [0.15, 0.2) is 0 Å². The normalized spacial score (nSPS) is 11.9. The number of benzene rings is 1. The molecule has 0 fully saturated rings. The van der Waals surface area contributed by atoms with Crippen molar-refractivity contribution in [3.63, 3.8) is 0 Å². The summed E-state index contributed by atoms with van der Waals surface area (Å²) in [6.07, 6.45) is 1.11. The third-order valence-corrected chi connectivity index (χ3v) is 4.12. The Morgan fingerprint density at radius 3 is 2.11 bits per heavy atom. The lowest BCUT2D eigenvalue weighted by molar-refractivity contribution is 0.527. The van der Waals surface area contributed by atoms with Gasteiger partial charge in [-0.3, -0.25) is 4.72 Å². The molecule has 0 aliphatic rings. The van der Waals surface area contributed by atoms with Gasteiger partial charge in [-0.25, -0.2) is 0 Å². The number of nitrogens with zero attached hydrogens (tertiary/aromatic N) is 1. The molecule has 0 heterocycles. The van der Waals surface area contributed by atoms with Crippen LogP contribution in [0.1, 0.15) is 20.3 Å². The first-order valence-electron chi connectivity index (χ1n) is 6.35. The summed E-state index contributed by atoms with van der Waals surface area (Å²) in [6.45, 7) is 5.28. The molecule has 0 aromatic heterocycles. The van der Waals surface area contributed by atoms with Gasteiger partial charge in [0.2, 0.25) is 0 Å². The first-order chi connectivity index (χ1) is 8.81. The molecule has 0 aliphatic heterocycles. The Morgan fingerprint density at radius 2 is 1.63 bits per heavy atom. The fourth-order valence-corrected chi connectivity index (χ4v) is 2.02. The predicted molar refractivity (Wildman–Crippen MR) is 80.6 cm³/mol. The molecule has 108 valence electrons. The van der Waals surface area contributed by atoms with Crippen molar-refractivity contribution in [2.24, 2.45) is 5.92 Å². The van der Waals surface area contributed by atoms with E-state index in [1.165, 1.54) is 14.1 Å². The van der Waals surface area contributed by atoms with E-state index in [-0.39, 0.29) is 0 Å². The molecule has 0 saturated heterocycles. The Kier molecular flexibility index (Phi) is 5.62. The number of nitrogens with one attached hydrogen (secondary N) is 2. The summed E-state index contributed by atoms with van der Waals surface area (Å²) < 4.78 is 26.9. The molecule has 6 heteroatoms. The van der Waals surface area contributed by atoms with E-state index in [0.717, 1.165) is 23.0 Å². The van der Waals surface area contributed by atoms with E-state index in [9.17, 15) is 8.42 Å². The Labute approximate surface area is 116 Å². The van der Waals surface area contributed by atoms with Crippen molar-refractivity contribution in [3.8, 4) is 0 Å². The van der Waals surface area contributed by atoms with Crippen LogP contribution in [0.15, 0.2) is 24.3 Å². The van der Waals surface area contributed by atoms with Gasteiger partial charge in [0, 0.05) is 32.0 Å². The van der Waals surface area contributed by atoms with Gasteiger partial charge in [0.25, 0.3) is 0 Å². The summed E-state index contributed by atoms with van der Waals surface area (Å²) in [5.41, 5.74) is 1.55. The SMILES string of the molecule is CC(C)CCNc1ccc(NS(=O)(=O)N(C)C)cc1. The lowest BCUT2D eigenvalue weighted by atomic mass is 10.1. The zero-order valence-electron chi connectivity index (χ0n) is 12.0. The zero-order chi connectivity index (χ0) is 14.5. The third-order valence-electron chi connectivity index (χ3n) is 2.66. The molecule has 0 aliphatic carbocycles. The molecule has 0 bridgehead atoms. The van der Waals surface area contributed by atoms with Crippen LogP contribution in [0, 0.1) is 5.92 Å². The second-order valence-corrected chi connectivity index (χ2v) is 6.96. The lowest BCUT2D eigenvalue weighted by Crippen LogP contribution is -2.28. The monoisotopic (exact) mass is 285 g/mol. The standard InChI is InChI=1S/C13H23N3O2S/c1-11(2)9-10-14-12-5-7-13(8-6-12)15-19(17,18)16(3)4/h5-8,11,14-15H,9-10H2,1-4H3. The molecule has 5 nitrogen and oxygen atoms in total. The van der Waals surface area contributed by atoms with E-state index in [4.69, 9.17) is 0 Å². The van der Waals surface area contributed by atoms with Crippen LogP contribution >= 0.6 is 0 Å². The van der Waals surface area contributed by atoms with Gasteiger partial charge < -0.3 is 5.32 Å². The Morgan fingerprint density at radius 1 is 1.11 bits per heavy atom. The van der Waals surface area contributed by atoms with Gasteiger partial charge in [-0.2, -0.15) is 12.7 Å². The minimum atomic E-state index is -3.43. The summed E-state index contributed by atoms with van der Waals surface area (Å²) in [4.78, 5) is 0. The topological polar surface area (TPSA) is 61.4 Å². The van der Waals surface area contributed by atoms with Gasteiger partial charge >= 0.3 is 10.2 Å². The van der Waals surface area contributed by atoms with Crippen molar-refractivity contribution >= 4 is 21.6 Å². The fraction of sp³-hybridized carbons (Fsp3) is 0.538. The van der Waals surface area contributed by atoms with Crippen molar-refractivity contribution in [1.29, 1.82) is 0 Å². The second-order valence-electron chi connectivity index (χ2n) is 5.08. The zero-order valence-corrected chi connectivity index (χ0v) is 12.8. The quantitative estimate of drug-likeness (QED) is 0.808. The van der Waals surface area contributed by atoms with Crippen molar-refractivity contribution in [2.75, 3.05) is 30.7 Å². The molecular weight excluding hydrogens is 262 g/mol. The average Bonchev–Trinajstić information content (AvgIpc) is 2.30. The van der Waals surface area contributed by atoms with E-state index in [1.807, 2.05) is 12.1 Å². The van der Waals surface area contributed by atoms with Crippen molar-refractivity contribution < 1.29 is 8.42 Å². The van der Waals surface area contributed by atoms with E-state index >= 15 is 0 Å². The smallest absolute Gasteiger partial charge is 0.301 e. The molecule has 0 atom stereocenters. The maximum atomic E-state index is 11.6. The first-order valence-corrected chi connectivity index (χ1v) is 7.79. The van der Waals surface area contributed by atoms with Gasteiger partial charge in [0.1, 0.15) is 0 Å². The van der Waals surface area contributed by atoms with Crippen LogP contribution in [-0.2, 0) is 10.2 Å². The van der Waals surface area contributed by atoms with E-state index in [2.05, 4.69) is 23.9 Å². The molecular formula is C13H23N3O2S. The molecule has 1 aromatic rings. The highest BCUT2D eigenvalue weighted by Crippen LogP contribution is 2.15. The molecule has 2 N–H and O–H groups in total. The molecule has 0 unspecified atom stereocenters. The van der Waals surface area contributed by atoms with Crippen LogP contribution in [0.2, 0.25) is 0 Å². The van der Waals surface area contributed by atoms with Gasteiger partial charge in [0.05, 0.1) is 0 Å². The minimum absolute atomic E-state index is 0.558. The molecule has 0 spiro atoms. The summed E-state index contributed by atoms with van der Waals surface area (Å²) in [5.74, 6) is 0.665. The summed E-state index contributed by atoms with van der Waals surface area (Å²) in [7, 11) is -0.449. The second kappa shape index (κ2) is 6.77. The van der Waals surface area contributed by atoms with E-state index in [0.29, 0.717) is 11.6 Å². The first kappa shape index (κ1) is 15.8. The Hall–Kier alpha value is -1.27. The lowest BCUT2D eigenvalue weighted by Gasteiger charge is -2.14. The van der Waals surface area contributed by atoms with Crippen LogP contribution in [0.4, 0.5) is 11.4 Å². The molecule has 0 amide bonds. The van der Waals surface area contributed by atoms with Gasteiger partial charge in [-0.1, -0.05) is 13.8 Å². The molecule has 0 radical (unpaired) electrons. The number of hydrogen-bond donors (Lipinski definition) is 2. The summed E-state index contributed by atoms with van der Waals surface area (Å²) in [6, 6.07) is 7.24. The van der Waals surface area contributed by atoms with Gasteiger partial charge in [-0.15, -0.1) is 0 Å². The maximum Gasteiger partial charge on any atom is 0.301 e. The highest BCUT2D eigenvalue weighted by Gasteiger charge is 2.12. The average molecular weight is 285 g/mol.